The van der Waals surface area contributed by atoms with Gasteiger partial charge in [-0.25, -0.2) is 9.97 Å². The van der Waals surface area contributed by atoms with Crippen molar-refractivity contribution >= 4 is 17.5 Å². The molecule has 112 valence electrons. The van der Waals surface area contributed by atoms with Gasteiger partial charge in [0.05, 0.1) is 0 Å². The van der Waals surface area contributed by atoms with E-state index in [0.29, 0.717) is 17.3 Å². The van der Waals surface area contributed by atoms with Crippen molar-refractivity contribution < 1.29 is 4.79 Å². The highest BCUT2D eigenvalue weighted by Crippen LogP contribution is 2.12. The van der Waals surface area contributed by atoms with Crippen molar-refractivity contribution in [2.45, 2.75) is 32.6 Å². The second-order valence-electron chi connectivity index (χ2n) is 4.82. The molecule has 2 aromatic heterocycles. The number of aromatic amines is 1. The number of nitrogens with zero attached hydrogens (tertiary/aromatic N) is 2. The number of aromatic nitrogens is 3. The summed E-state index contributed by atoms with van der Waals surface area (Å²) in [6.45, 7) is 2.67. The molecule has 0 radical (unpaired) electrons. The van der Waals surface area contributed by atoms with Crippen LogP contribution < -0.4 is 5.32 Å². The van der Waals surface area contributed by atoms with Gasteiger partial charge < -0.3 is 10.3 Å². The predicted molar refractivity (Wildman–Crippen MR) is 82.5 cm³/mol. The van der Waals surface area contributed by atoms with Crippen molar-refractivity contribution in [2.24, 2.45) is 0 Å². The minimum absolute atomic E-state index is 0.115. The van der Waals surface area contributed by atoms with Crippen LogP contribution in [0.15, 0.2) is 24.5 Å². The van der Waals surface area contributed by atoms with Gasteiger partial charge in [-0.3, -0.25) is 4.79 Å². The van der Waals surface area contributed by atoms with Gasteiger partial charge in [0.2, 0.25) is 0 Å². The zero-order valence-corrected chi connectivity index (χ0v) is 12.8. The Hall–Kier alpha value is -1.88. The van der Waals surface area contributed by atoms with Gasteiger partial charge in [-0.15, -0.1) is 0 Å². The molecule has 0 unspecified atom stereocenters. The number of carbonyl (C=O) groups excluding carboxylic acids is 1. The molecule has 2 aromatic rings. The van der Waals surface area contributed by atoms with Crippen molar-refractivity contribution in [3.8, 4) is 0 Å². The number of carbonyl (C=O) groups is 1. The molecule has 0 fully saturated rings. The van der Waals surface area contributed by atoms with Gasteiger partial charge >= 0.3 is 0 Å². The van der Waals surface area contributed by atoms with E-state index < -0.39 is 0 Å². The highest BCUT2D eigenvalue weighted by molar-refractivity contribution is 6.29. The Morgan fingerprint density at radius 1 is 1.38 bits per heavy atom. The van der Waals surface area contributed by atoms with E-state index in [1.165, 1.54) is 0 Å². The first-order valence-corrected chi connectivity index (χ1v) is 7.49. The SMILES string of the molecule is CCCc1cc(C(=O)NCCCc2ncc[nH]2)cc(Cl)n1. The van der Waals surface area contributed by atoms with Crippen molar-refractivity contribution in [2.75, 3.05) is 6.54 Å². The predicted octanol–water partition coefficient (Wildman–Crippen LogP) is 2.77. The van der Waals surface area contributed by atoms with Gasteiger partial charge in [0.25, 0.3) is 5.91 Å². The summed E-state index contributed by atoms with van der Waals surface area (Å²) >= 11 is 5.96. The monoisotopic (exact) mass is 306 g/mol. The molecule has 0 saturated heterocycles. The van der Waals surface area contributed by atoms with Crippen molar-refractivity contribution in [1.82, 2.24) is 20.3 Å². The zero-order chi connectivity index (χ0) is 15.1. The normalized spacial score (nSPS) is 10.6. The Kier molecular flexibility index (Phi) is 5.75. The lowest BCUT2D eigenvalue weighted by Gasteiger charge is -2.07. The summed E-state index contributed by atoms with van der Waals surface area (Å²) in [5.74, 6) is 0.817. The molecule has 21 heavy (non-hydrogen) atoms. The highest BCUT2D eigenvalue weighted by atomic mass is 35.5. The van der Waals surface area contributed by atoms with Gasteiger partial charge in [0.15, 0.2) is 0 Å². The number of aryl methyl sites for hydroxylation is 2. The summed E-state index contributed by atoms with van der Waals surface area (Å²) in [6.07, 6.45) is 6.95. The van der Waals surface area contributed by atoms with E-state index in [1.54, 1.807) is 24.5 Å². The molecule has 2 N–H and O–H groups in total. The van der Waals surface area contributed by atoms with Crippen LogP contribution >= 0.6 is 11.6 Å². The molecule has 5 nitrogen and oxygen atoms in total. The molecule has 0 aliphatic heterocycles. The number of nitrogens with one attached hydrogen (secondary N) is 2. The quantitative estimate of drug-likeness (QED) is 0.610. The third-order valence-corrected chi connectivity index (χ3v) is 3.24. The number of hydrogen-bond donors (Lipinski definition) is 2. The summed E-state index contributed by atoms with van der Waals surface area (Å²) in [4.78, 5) is 23.5. The van der Waals surface area contributed by atoms with E-state index in [0.717, 1.165) is 37.2 Å². The van der Waals surface area contributed by atoms with E-state index in [2.05, 4.69) is 27.2 Å². The minimum atomic E-state index is -0.115. The number of pyridine rings is 1. The van der Waals surface area contributed by atoms with Crippen LogP contribution in [0.4, 0.5) is 0 Å². The number of imidazole rings is 1. The average molecular weight is 307 g/mol. The molecular formula is C15H19ClN4O. The molecule has 0 aliphatic rings. The van der Waals surface area contributed by atoms with Gasteiger partial charge in [0.1, 0.15) is 11.0 Å². The van der Waals surface area contributed by atoms with Crippen LogP contribution in [-0.2, 0) is 12.8 Å². The lowest BCUT2D eigenvalue weighted by molar-refractivity contribution is 0.0953. The first-order valence-electron chi connectivity index (χ1n) is 7.12. The first kappa shape index (κ1) is 15.5. The van der Waals surface area contributed by atoms with E-state index >= 15 is 0 Å². The van der Waals surface area contributed by atoms with Crippen molar-refractivity contribution in [1.29, 1.82) is 0 Å². The van der Waals surface area contributed by atoms with E-state index in [9.17, 15) is 4.79 Å². The summed E-state index contributed by atoms with van der Waals surface area (Å²) in [5, 5.41) is 3.25. The zero-order valence-electron chi connectivity index (χ0n) is 12.0. The Morgan fingerprint density at radius 2 is 2.24 bits per heavy atom. The fourth-order valence-corrected chi connectivity index (χ4v) is 2.29. The van der Waals surface area contributed by atoms with Crippen LogP contribution in [0.2, 0.25) is 5.15 Å². The van der Waals surface area contributed by atoms with Crippen molar-refractivity contribution in [3.63, 3.8) is 0 Å². The second kappa shape index (κ2) is 7.78. The number of amides is 1. The maximum absolute atomic E-state index is 12.1. The van der Waals surface area contributed by atoms with E-state index in [-0.39, 0.29) is 5.91 Å². The Labute approximate surface area is 129 Å². The molecule has 0 aromatic carbocycles. The van der Waals surface area contributed by atoms with Gasteiger partial charge in [0, 0.05) is 36.6 Å². The number of halogens is 1. The summed E-state index contributed by atoms with van der Waals surface area (Å²) < 4.78 is 0. The fourth-order valence-electron chi connectivity index (χ4n) is 2.06. The smallest absolute Gasteiger partial charge is 0.251 e. The van der Waals surface area contributed by atoms with Gasteiger partial charge in [-0.05, 0) is 25.0 Å². The van der Waals surface area contributed by atoms with Crippen LogP contribution in [0, 0.1) is 0 Å². The lowest BCUT2D eigenvalue weighted by atomic mass is 10.1. The molecule has 0 saturated carbocycles. The van der Waals surface area contributed by atoms with Gasteiger partial charge in [-0.2, -0.15) is 0 Å². The Morgan fingerprint density at radius 3 is 2.95 bits per heavy atom. The summed E-state index contributed by atoms with van der Waals surface area (Å²) in [6, 6.07) is 3.40. The van der Waals surface area contributed by atoms with Crippen LogP contribution in [0.25, 0.3) is 0 Å². The molecule has 0 spiro atoms. The highest BCUT2D eigenvalue weighted by Gasteiger charge is 2.08. The molecule has 2 rings (SSSR count). The third-order valence-electron chi connectivity index (χ3n) is 3.05. The molecule has 1 amide bonds. The molecule has 0 bridgehead atoms. The largest absolute Gasteiger partial charge is 0.352 e. The number of H-pyrrole nitrogens is 1. The average Bonchev–Trinajstić information content (AvgIpc) is 2.96. The van der Waals surface area contributed by atoms with E-state index in [4.69, 9.17) is 11.6 Å². The maximum Gasteiger partial charge on any atom is 0.251 e. The Balaban J connectivity index is 1.85. The molecule has 0 aliphatic carbocycles. The number of hydrogen-bond acceptors (Lipinski definition) is 3. The third kappa shape index (κ3) is 4.86. The molecule has 2 heterocycles. The van der Waals surface area contributed by atoms with Crippen LogP contribution in [0.3, 0.4) is 0 Å². The lowest BCUT2D eigenvalue weighted by Crippen LogP contribution is -2.25. The second-order valence-corrected chi connectivity index (χ2v) is 5.20. The topological polar surface area (TPSA) is 70.7 Å². The Bertz CT molecular complexity index is 583. The van der Waals surface area contributed by atoms with Crippen LogP contribution in [0.5, 0.6) is 0 Å². The van der Waals surface area contributed by atoms with Crippen molar-refractivity contribution in [3.05, 3.63) is 46.8 Å². The van der Waals surface area contributed by atoms with E-state index in [1.807, 2.05) is 0 Å². The first-order chi connectivity index (χ1) is 10.2. The van der Waals surface area contributed by atoms with Crippen LogP contribution in [-0.4, -0.2) is 27.4 Å². The maximum atomic E-state index is 12.1. The standard InChI is InChI=1S/C15H19ClN4O/c1-2-4-12-9-11(10-13(16)20-12)15(21)19-6-3-5-14-17-7-8-18-14/h7-10H,2-6H2,1H3,(H,17,18)(H,19,21). The van der Waals surface area contributed by atoms with Gasteiger partial charge in [-0.1, -0.05) is 24.9 Å². The molecular weight excluding hydrogens is 288 g/mol. The molecule has 6 heteroatoms. The minimum Gasteiger partial charge on any atom is -0.352 e. The summed E-state index contributed by atoms with van der Waals surface area (Å²) in [7, 11) is 0. The fraction of sp³-hybridized carbons (Fsp3) is 0.400. The summed E-state index contributed by atoms with van der Waals surface area (Å²) in [5.41, 5.74) is 1.42. The molecule has 0 atom stereocenters. The van der Waals surface area contributed by atoms with Crippen LogP contribution in [0.1, 0.15) is 41.6 Å². The number of rotatable bonds is 7.